The number of hydrogen-bond donors (Lipinski definition) is 2. The molecule has 1 aromatic carbocycles. The summed E-state index contributed by atoms with van der Waals surface area (Å²) in [5.41, 5.74) is 7.56. The van der Waals surface area contributed by atoms with Gasteiger partial charge in [0.2, 0.25) is 0 Å². The molecule has 6 heteroatoms. The highest BCUT2D eigenvalue weighted by Crippen LogP contribution is 2.17. The fourth-order valence-electron chi connectivity index (χ4n) is 2.73. The average Bonchev–Trinajstić information content (AvgIpc) is 3.09. The van der Waals surface area contributed by atoms with Crippen LogP contribution in [0.1, 0.15) is 23.3 Å². The molecule has 1 aliphatic heterocycles. The van der Waals surface area contributed by atoms with Gasteiger partial charge >= 0.3 is 0 Å². The van der Waals surface area contributed by atoms with Crippen LogP contribution >= 0.6 is 0 Å². The Kier molecular flexibility index (Phi) is 4.83. The van der Waals surface area contributed by atoms with Gasteiger partial charge < -0.3 is 16.0 Å². The summed E-state index contributed by atoms with van der Waals surface area (Å²) in [6, 6.07) is 9.62. The van der Waals surface area contributed by atoms with Gasteiger partial charge in [0.05, 0.1) is 11.9 Å². The molecular weight excluding hydrogens is 290 g/mol. The van der Waals surface area contributed by atoms with Gasteiger partial charge in [-0.2, -0.15) is 0 Å². The largest absolute Gasteiger partial charge is 0.382 e. The topological polar surface area (TPSA) is 84.1 Å². The Morgan fingerprint density at radius 3 is 2.70 bits per heavy atom. The van der Waals surface area contributed by atoms with Crippen LogP contribution in [-0.4, -0.2) is 47.0 Å². The molecule has 0 unspecified atom stereocenters. The van der Waals surface area contributed by atoms with E-state index in [1.807, 2.05) is 30.3 Å². The van der Waals surface area contributed by atoms with Gasteiger partial charge in [0.25, 0.3) is 5.91 Å². The summed E-state index contributed by atoms with van der Waals surface area (Å²) in [7, 11) is 0. The number of nitrogen functional groups attached to an aromatic ring is 1. The van der Waals surface area contributed by atoms with E-state index in [4.69, 9.17) is 5.73 Å². The molecule has 3 N–H and O–H groups in total. The number of anilines is 1. The molecule has 2 heterocycles. The van der Waals surface area contributed by atoms with Crippen molar-refractivity contribution in [2.75, 3.05) is 31.9 Å². The number of likely N-dealkylation sites (tertiary alicyclic amines) is 1. The first kappa shape index (κ1) is 15.4. The molecule has 23 heavy (non-hydrogen) atoms. The zero-order valence-electron chi connectivity index (χ0n) is 13.0. The number of rotatable bonds is 5. The third-order valence-corrected chi connectivity index (χ3v) is 4.00. The lowest BCUT2D eigenvalue weighted by atomic mass is 10.1. The molecule has 0 radical (unpaired) electrons. The second-order valence-corrected chi connectivity index (χ2v) is 5.66. The normalized spacial score (nSPS) is 14.8. The monoisotopic (exact) mass is 311 g/mol. The van der Waals surface area contributed by atoms with Crippen molar-refractivity contribution in [1.29, 1.82) is 0 Å². The van der Waals surface area contributed by atoms with Crippen molar-refractivity contribution in [2.24, 2.45) is 0 Å². The van der Waals surface area contributed by atoms with Gasteiger partial charge in [0, 0.05) is 18.7 Å². The summed E-state index contributed by atoms with van der Waals surface area (Å²) >= 11 is 0. The maximum atomic E-state index is 12.3. The van der Waals surface area contributed by atoms with E-state index in [1.54, 1.807) is 6.20 Å². The van der Waals surface area contributed by atoms with Crippen LogP contribution < -0.4 is 11.1 Å². The van der Waals surface area contributed by atoms with E-state index < -0.39 is 0 Å². The molecule has 0 saturated carbocycles. The molecule has 1 aliphatic rings. The zero-order valence-corrected chi connectivity index (χ0v) is 13.0. The second kappa shape index (κ2) is 7.19. The lowest BCUT2D eigenvalue weighted by Gasteiger charge is -2.14. The number of carbonyl (C=O) groups is 1. The minimum Gasteiger partial charge on any atom is -0.382 e. The van der Waals surface area contributed by atoms with Crippen molar-refractivity contribution >= 4 is 11.7 Å². The molecule has 1 aromatic heterocycles. The van der Waals surface area contributed by atoms with Crippen LogP contribution in [0.25, 0.3) is 11.3 Å². The van der Waals surface area contributed by atoms with Gasteiger partial charge in [-0.25, -0.2) is 9.97 Å². The number of hydrogen-bond acceptors (Lipinski definition) is 5. The van der Waals surface area contributed by atoms with Crippen molar-refractivity contribution in [1.82, 2.24) is 20.2 Å². The first-order chi connectivity index (χ1) is 11.2. The van der Waals surface area contributed by atoms with Crippen LogP contribution in [0.2, 0.25) is 0 Å². The van der Waals surface area contributed by atoms with Crippen molar-refractivity contribution in [3.63, 3.8) is 0 Å². The Balaban J connectivity index is 1.67. The van der Waals surface area contributed by atoms with Gasteiger partial charge in [-0.05, 0) is 25.9 Å². The highest BCUT2D eigenvalue weighted by molar-refractivity contribution is 5.96. The maximum Gasteiger partial charge on any atom is 0.273 e. The summed E-state index contributed by atoms with van der Waals surface area (Å²) in [6.45, 7) is 3.68. The van der Waals surface area contributed by atoms with Crippen molar-refractivity contribution in [3.05, 3.63) is 42.2 Å². The predicted octanol–water partition coefficient (Wildman–Crippen LogP) is 1.55. The van der Waals surface area contributed by atoms with E-state index in [-0.39, 0.29) is 17.4 Å². The standard InChI is InChI=1S/C17H21N5O/c18-16-15(17(23)19-8-11-22-9-4-5-10-22)21-14(12-20-16)13-6-2-1-3-7-13/h1-3,6-7,12H,4-5,8-11H2,(H2,18,20)(H,19,23). The van der Waals surface area contributed by atoms with Gasteiger partial charge in [0.1, 0.15) is 0 Å². The lowest BCUT2D eigenvalue weighted by molar-refractivity contribution is 0.0945. The van der Waals surface area contributed by atoms with E-state index in [0.29, 0.717) is 12.2 Å². The van der Waals surface area contributed by atoms with E-state index in [0.717, 1.165) is 25.2 Å². The Hall–Kier alpha value is -2.47. The van der Waals surface area contributed by atoms with E-state index in [1.165, 1.54) is 12.8 Å². The van der Waals surface area contributed by atoms with Crippen LogP contribution in [-0.2, 0) is 0 Å². The van der Waals surface area contributed by atoms with Crippen molar-refractivity contribution < 1.29 is 4.79 Å². The van der Waals surface area contributed by atoms with Crippen molar-refractivity contribution in [2.45, 2.75) is 12.8 Å². The van der Waals surface area contributed by atoms with Gasteiger partial charge in [-0.15, -0.1) is 0 Å². The lowest BCUT2D eigenvalue weighted by Crippen LogP contribution is -2.34. The van der Waals surface area contributed by atoms with Crippen LogP contribution in [0.3, 0.4) is 0 Å². The summed E-state index contributed by atoms with van der Waals surface area (Å²) in [4.78, 5) is 23.1. The third-order valence-electron chi connectivity index (χ3n) is 4.00. The number of nitrogens with zero attached hydrogens (tertiary/aromatic N) is 3. The number of amides is 1. The zero-order chi connectivity index (χ0) is 16.1. The molecule has 6 nitrogen and oxygen atoms in total. The number of aromatic nitrogens is 2. The first-order valence-corrected chi connectivity index (χ1v) is 7.92. The molecule has 1 saturated heterocycles. The number of benzene rings is 1. The molecule has 1 amide bonds. The fraction of sp³-hybridized carbons (Fsp3) is 0.353. The predicted molar refractivity (Wildman–Crippen MR) is 89.9 cm³/mol. The average molecular weight is 311 g/mol. The van der Waals surface area contributed by atoms with E-state index in [2.05, 4.69) is 20.2 Å². The van der Waals surface area contributed by atoms with Gasteiger partial charge in [-0.3, -0.25) is 4.79 Å². The highest BCUT2D eigenvalue weighted by Gasteiger charge is 2.16. The number of nitrogens with two attached hydrogens (primary N) is 1. The van der Waals surface area contributed by atoms with Crippen LogP contribution in [0.15, 0.2) is 36.5 Å². The minimum atomic E-state index is -0.271. The molecule has 120 valence electrons. The Morgan fingerprint density at radius 2 is 1.96 bits per heavy atom. The summed E-state index contributed by atoms with van der Waals surface area (Å²) < 4.78 is 0. The van der Waals surface area contributed by atoms with E-state index >= 15 is 0 Å². The number of carbonyl (C=O) groups excluding carboxylic acids is 1. The first-order valence-electron chi connectivity index (χ1n) is 7.92. The Labute approximate surface area is 135 Å². The minimum absolute atomic E-state index is 0.156. The quantitative estimate of drug-likeness (QED) is 0.875. The van der Waals surface area contributed by atoms with Crippen LogP contribution in [0, 0.1) is 0 Å². The number of nitrogens with one attached hydrogen (secondary N) is 1. The van der Waals surface area contributed by atoms with Crippen LogP contribution in [0.5, 0.6) is 0 Å². The SMILES string of the molecule is Nc1ncc(-c2ccccc2)nc1C(=O)NCCN1CCCC1. The molecular formula is C17H21N5O. The summed E-state index contributed by atoms with van der Waals surface area (Å²) in [5.74, 6) is -0.115. The molecule has 0 bridgehead atoms. The fourth-order valence-corrected chi connectivity index (χ4v) is 2.73. The summed E-state index contributed by atoms with van der Waals surface area (Å²) in [6.07, 6.45) is 4.07. The van der Waals surface area contributed by atoms with E-state index in [9.17, 15) is 4.79 Å². The highest BCUT2D eigenvalue weighted by atomic mass is 16.1. The molecule has 1 fully saturated rings. The molecule has 3 rings (SSSR count). The Bertz CT molecular complexity index is 668. The molecule has 0 spiro atoms. The van der Waals surface area contributed by atoms with Gasteiger partial charge in [-0.1, -0.05) is 30.3 Å². The molecule has 0 aliphatic carbocycles. The summed E-state index contributed by atoms with van der Waals surface area (Å²) in [5, 5.41) is 2.88. The smallest absolute Gasteiger partial charge is 0.273 e. The maximum absolute atomic E-state index is 12.3. The second-order valence-electron chi connectivity index (χ2n) is 5.66. The van der Waals surface area contributed by atoms with Crippen LogP contribution in [0.4, 0.5) is 5.82 Å². The molecule has 0 atom stereocenters. The third kappa shape index (κ3) is 3.84. The molecule has 2 aromatic rings. The Morgan fingerprint density at radius 1 is 1.22 bits per heavy atom. The van der Waals surface area contributed by atoms with Gasteiger partial charge in [0.15, 0.2) is 11.5 Å². The van der Waals surface area contributed by atoms with Crippen molar-refractivity contribution in [3.8, 4) is 11.3 Å².